The molecule has 1 rings (SSSR count). The molecule has 1 heterocycles. The molecule has 0 saturated carbocycles. The fourth-order valence-corrected chi connectivity index (χ4v) is 0.746. The molecular weight excluding hydrogens is 148 g/mol. The van der Waals surface area contributed by atoms with Gasteiger partial charge < -0.3 is 9.52 Å². The Morgan fingerprint density at radius 1 is 1.91 bits per heavy atom. The fraction of sp³-hybridized carbons (Fsp3) is 0.500. The van der Waals surface area contributed by atoms with Gasteiger partial charge in [0.25, 0.3) is 0 Å². The quantitative estimate of drug-likeness (QED) is 0.695. The monoisotopic (exact) mass is 156 g/mol. The number of hydrogen-bond acceptors (Lipinski definition) is 4. The van der Waals surface area contributed by atoms with E-state index in [1.165, 1.54) is 6.39 Å². The second kappa shape index (κ2) is 3.14. The maximum atomic E-state index is 10.2. The maximum Gasteiger partial charge on any atom is 0.304 e. The van der Waals surface area contributed by atoms with Gasteiger partial charge in [-0.05, 0) is 0 Å². The summed E-state index contributed by atoms with van der Waals surface area (Å²) in [7, 11) is 0. The van der Waals surface area contributed by atoms with Crippen LogP contribution in [0.1, 0.15) is 25.2 Å². The highest BCUT2D eigenvalue weighted by atomic mass is 16.4. The maximum absolute atomic E-state index is 10.2. The molecule has 5 nitrogen and oxygen atoms in total. The molecule has 0 bridgehead atoms. The molecule has 1 aromatic heterocycles. The lowest BCUT2D eigenvalue weighted by molar-refractivity contribution is -0.137. The third-order valence-electron chi connectivity index (χ3n) is 1.28. The Labute approximate surface area is 63.0 Å². The zero-order valence-electron chi connectivity index (χ0n) is 6.02. The van der Waals surface area contributed by atoms with E-state index < -0.39 is 5.97 Å². The van der Waals surface area contributed by atoms with Crippen molar-refractivity contribution in [3.05, 3.63) is 12.3 Å². The van der Waals surface area contributed by atoms with Gasteiger partial charge in [0, 0.05) is 5.92 Å². The van der Waals surface area contributed by atoms with Crippen molar-refractivity contribution in [3.63, 3.8) is 0 Å². The summed E-state index contributed by atoms with van der Waals surface area (Å²) >= 11 is 0. The number of aromatic nitrogens is 2. The predicted molar refractivity (Wildman–Crippen MR) is 35.0 cm³/mol. The summed E-state index contributed by atoms with van der Waals surface area (Å²) in [6.07, 6.45) is 1.20. The lowest BCUT2D eigenvalue weighted by Gasteiger charge is -1.99. The minimum Gasteiger partial charge on any atom is -0.481 e. The molecule has 1 unspecified atom stereocenters. The first-order valence-corrected chi connectivity index (χ1v) is 3.18. The van der Waals surface area contributed by atoms with Crippen LogP contribution in [0.25, 0.3) is 0 Å². The molecule has 0 spiro atoms. The first kappa shape index (κ1) is 7.71. The summed E-state index contributed by atoms with van der Waals surface area (Å²) in [5.74, 6) is -0.710. The minimum atomic E-state index is -0.865. The number of rotatable bonds is 3. The van der Waals surface area contributed by atoms with Crippen LogP contribution in [0.3, 0.4) is 0 Å². The molecule has 0 amide bonds. The van der Waals surface area contributed by atoms with Crippen molar-refractivity contribution in [2.24, 2.45) is 0 Å². The second-order valence-corrected chi connectivity index (χ2v) is 2.28. The average Bonchev–Trinajstić information content (AvgIpc) is 2.35. The van der Waals surface area contributed by atoms with Crippen LogP contribution in [0.4, 0.5) is 0 Å². The molecule has 0 aliphatic carbocycles. The van der Waals surface area contributed by atoms with Gasteiger partial charge in [-0.1, -0.05) is 6.92 Å². The van der Waals surface area contributed by atoms with E-state index in [-0.39, 0.29) is 12.3 Å². The van der Waals surface area contributed by atoms with E-state index in [4.69, 9.17) is 9.52 Å². The molecule has 1 N–H and O–H groups in total. The van der Waals surface area contributed by atoms with Gasteiger partial charge in [0.2, 0.25) is 12.3 Å². The van der Waals surface area contributed by atoms with Gasteiger partial charge in [0.1, 0.15) is 0 Å². The summed E-state index contributed by atoms with van der Waals surface area (Å²) < 4.78 is 4.81. The van der Waals surface area contributed by atoms with Crippen molar-refractivity contribution < 1.29 is 14.3 Å². The fourth-order valence-electron chi connectivity index (χ4n) is 0.746. The molecule has 0 aliphatic heterocycles. The largest absolute Gasteiger partial charge is 0.481 e. The highest BCUT2D eigenvalue weighted by Crippen LogP contribution is 2.14. The van der Waals surface area contributed by atoms with Crippen molar-refractivity contribution in [2.45, 2.75) is 19.3 Å². The Balaban J connectivity index is 2.56. The Morgan fingerprint density at radius 2 is 2.64 bits per heavy atom. The number of nitrogens with zero attached hydrogens (tertiary/aromatic N) is 2. The standard InChI is InChI=1S/C6H8N2O3/c1-4(2-5(9)10)6-8-7-3-11-6/h3-4H,2H2,1H3,(H,9,10). The third-order valence-corrected chi connectivity index (χ3v) is 1.28. The lowest BCUT2D eigenvalue weighted by Crippen LogP contribution is -2.02. The number of carbonyl (C=O) groups is 1. The molecule has 60 valence electrons. The molecule has 1 aromatic rings. The summed E-state index contributed by atoms with van der Waals surface area (Å²) in [4.78, 5) is 10.2. The Morgan fingerprint density at radius 3 is 3.09 bits per heavy atom. The zero-order chi connectivity index (χ0) is 8.27. The molecule has 0 saturated heterocycles. The van der Waals surface area contributed by atoms with Crippen LogP contribution in [0.15, 0.2) is 10.8 Å². The van der Waals surface area contributed by atoms with Crippen LogP contribution < -0.4 is 0 Å². The van der Waals surface area contributed by atoms with Crippen LogP contribution in [0.2, 0.25) is 0 Å². The lowest BCUT2D eigenvalue weighted by atomic mass is 10.1. The molecule has 5 heteroatoms. The van der Waals surface area contributed by atoms with E-state index in [1.54, 1.807) is 6.92 Å². The Bertz CT molecular complexity index is 232. The van der Waals surface area contributed by atoms with Gasteiger partial charge in [0.15, 0.2) is 0 Å². The first-order valence-electron chi connectivity index (χ1n) is 3.18. The number of hydrogen-bond donors (Lipinski definition) is 1. The molecule has 0 aromatic carbocycles. The van der Waals surface area contributed by atoms with Gasteiger partial charge in [-0.15, -0.1) is 10.2 Å². The van der Waals surface area contributed by atoms with Gasteiger partial charge >= 0.3 is 5.97 Å². The van der Waals surface area contributed by atoms with Crippen LogP contribution in [0.5, 0.6) is 0 Å². The zero-order valence-corrected chi connectivity index (χ0v) is 6.02. The summed E-state index contributed by atoms with van der Waals surface area (Å²) in [6, 6.07) is 0. The van der Waals surface area contributed by atoms with Gasteiger partial charge in [0.05, 0.1) is 6.42 Å². The molecule has 1 atom stereocenters. The highest BCUT2D eigenvalue weighted by molar-refractivity contribution is 5.67. The smallest absolute Gasteiger partial charge is 0.304 e. The summed E-state index contributed by atoms with van der Waals surface area (Å²) in [6.45, 7) is 1.72. The van der Waals surface area contributed by atoms with E-state index in [0.29, 0.717) is 5.89 Å². The number of carboxylic acid groups (broad SMARTS) is 1. The molecule has 0 radical (unpaired) electrons. The van der Waals surface area contributed by atoms with Crippen LogP contribution >= 0.6 is 0 Å². The van der Waals surface area contributed by atoms with Crippen molar-refractivity contribution in [3.8, 4) is 0 Å². The second-order valence-electron chi connectivity index (χ2n) is 2.28. The van der Waals surface area contributed by atoms with Crippen molar-refractivity contribution >= 4 is 5.97 Å². The highest BCUT2D eigenvalue weighted by Gasteiger charge is 2.14. The van der Waals surface area contributed by atoms with Crippen molar-refractivity contribution in [2.75, 3.05) is 0 Å². The van der Waals surface area contributed by atoms with E-state index >= 15 is 0 Å². The van der Waals surface area contributed by atoms with Crippen molar-refractivity contribution in [1.29, 1.82) is 0 Å². The van der Waals surface area contributed by atoms with Gasteiger partial charge in [-0.3, -0.25) is 4.79 Å². The van der Waals surface area contributed by atoms with Crippen LogP contribution in [-0.2, 0) is 4.79 Å². The van der Waals surface area contributed by atoms with E-state index in [0.717, 1.165) is 0 Å². The molecule has 0 fully saturated rings. The van der Waals surface area contributed by atoms with Gasteiger partial charge in [-0.25, -0.2) is 0 Å². The SMILES string of the molecule is CC(CC(=O)O)c1nnco1. The van der Waals surface area contributed by atoms with E-state index in [2.05, 4.69) is 10.2 Å². The minimum absolute atomic E-state index is 0.0161. The Kier molecular flexibility index (Phi) is 2.20. The van der Waals surface area contributed by atoms with E-state index in [1.807, 2.05) is 0 Å². The average molecular weight is 156 g/mol. The molecule has 11 heavy (non-hydrogen) atoms. The van der Waals surface area contributed by atoms with E-state index in [9.17, 15) is 4.79 Å². The van der Waals surface area contributed by atoms with Crippen LogP contribution in [0, 0.1) is 0 Å². The topological polar surface area (TPSA) is 76.2 Å². The first-order chi connectivity index (χ1) is 5.20. The van der Waals surface area contributed by atoms with Gasteiger partial charge in [-0.2, -0.15) is 0 Å². The summed E-state index contributed by atoms with van der Waals surface area (Å²) in [5, 5.41) is 15.4. The molecular formula is C6H8N2O3. The number of carboxylic acids is 1. The molecule has 0 aliphatic rings. The van der Waals surface area contributed by atoms with Crippen LogP contribution in [-0.4, -0.2) is 21.3 Å². The third kappa shape index (κ3) is 2.03. The van der Waals surface area contributed by atoms with Crippen molar-refractivity contribution in [1.82, 2.24) is 10.2 Å². The normalized spacial score (nSPS) is 12.8. The predicted octanol–water partition coefficient (Wildman–Crippen LogP) is 0.648. The number of aliphatic carboxylic acids is 1. The summed E-state index contributed by atoms with van der Waals surface area (Å²) in [5.41, 5.74) is 0. The Hall–Kier alpha value is -1.39.